The number of hydrogen-bond acceptors (Lipinski definition) is 6. The van der Waals surface area contributed by atoms with Crippen LogP contribution in [0.2, 0.25) is 0 Å². The third-order valence-corrected chi connectivity index (χ3v) is 9.62. The second kappa shape index (κ2) is 9.28. The van der Waals surface area contributed by atoms with Crippen molar-refractivity contribution in [3.8, 4) is 17.0 Å². The van der Waals surface area contributed by atoms with Gasteiger partial charge in [0.25, 0.3) is 0 Å². The van der Waals surface area contributed by atoms with Gasteiger partial charge < -0.3 is 9.84 Å². The molecule has 0 radical (unpaired) electrons. The Balaban J connectivity index is 1.60. The maximum Gasteiger partial charge on any atom is 0.341 e. The van der Waals surface area contributed by atoms with Gasteiger partial charge in [0.1, 0.15) is 11.0 Å². The Hall–Kier alpha value is -3.49. The Bertz CT molecular complexity index is 1510. The fourth-order valence-corrected chi connectivity index (χ4v) is 7.80. The topological polar surface area (TPSA) is 93.6 Å². The van der Waals surface area contributed by atoms with E-state index in [1.807, 2.05) is 67.6 Å². The molecule has 1 aliphatic carbocycles. The van der Waals surface area contributed by atoms with Gasteiger partial charge in [0.15, 0.2) is 6.61 Å². The number of hydrogen-bond donors (Lipinski definition) is 1. The van der Waals surface area contributed by atoms with Crippen LogP contribution in [0.15, 0.2) is 77.1 Å². The third-order valence-electron chi connectivity index (χ3n) is 6.02. The highest BCUT2D eigenvalue weighted by Crippen LogP contribution is 2.44. The summed E-state index contributed by atoms with van der Waals surface area (Å²) in [7, 11) is -3.85. The van der Waals surface area contributed by atoms with Crippen LogP contribution in [0.25, 0.3) is 11.3 Å². The molecule has 0 aliphatic heterocycles. The number of aromatic nitrogens is 1. The Kier molecular flexibility index (Phi) is 6.17. The minimum absolute atomic E-state index is 0.0857. The van der Waals surface area contributed by atoms with Crippen LogP contribution in [-0.4, -0.2) is 31.1 Å². The maximum absolute atomic E-state index is 14.1. The number of carbonyl (C=O) groups is 1. The highest BCUT2D eigenvalue weighted by Gasteiger charge is 2.35. The van der Waals surface area contributed by atoms with Crippen molar-refractivity contribution in [3.63, 3.8) is 0 Å². The number of nitrogens with zero attached hydrogens (tertiary/aromatic N) is 1. The minimum atomic E-state index is -3.85. The van der Waals surface area contributed by atoms with Crippen molar-refractivity contribution in [2.45, 2.75) is 29.4 Å². The van der Waals surface area contributed by atoms with E-state index in [4.69, 9.17) is 9.84 Å². The molecular formula is C27H23NO5S2. The van der Waals surface area contributed by atoms with Gasteiger partial charge in [-0.3, -0.25) is 0 Å². The summed E-state index contributed by atoms with van der Waals surface area (Å²) in [4.78, 5) is 16.5. The van der Waals surface area contributed by atoms with E-state index >= 15 is 0 Å². The number of aryl methyl sites for hydroxylation is 2. The van der Waals surface area contributed by atoms with E-state index < -0.39 is 27.7 Å². The SMILES string of the molecule is Cc1cccc(C(c2ccccc2)S(=O)(=O)c2nc3c(s2)CCc2c(OCC(=O)O)cccc2-3)c1. The molecule has 1 aliphatic rings. The zero-order valence-corrected chi connectivity index (χ0v) is 20.6. The molecule has 5 rings (SSSR count). The van der Waals surface area contributed by atoms with Gasteiger partial charge in [-0.15, -0.1) is 11.3 Å². The van der Waals surface area contributed by atoms with Crippen molar-refractivity contribution >= 4 is 27.1 Å². The Morgan fingerprint density at radius 1 is 1.03 bits per heavy atom. The monoisotopic (exact) mass is 505 g/mol. The van der Waals surface area contributed by atoms with Crippen LogP contribution in [0.3, 0.4) is 0 Å². The second-order valence-corrected chi connectivity index (χ2v) is 11.8. The lowest BCUT2D eigenvalue weighted by molar-refractivity contribution is -0.139. The molecule has 1 N–H and O–H groups in total. The molecule has 1 unspecified atom stereocenters. The standard InChI is InChI=1S/C27H23NO5S2/c1-17-7-5-10-19(15-17)26(18-8-3-2-4-9-18)35(31,32)27-28-25-21-11-6-12-22(33-16-24(29)30)20(21)13-14-23(25)34-27/h2-12,15,26H,13-14,16H2,1H3,(H,29,30). The molecule has 8 heteroatoms. The Morgan fingerprint density at radius 3 is 2.51 bits per heavy atom. The highest BCUT2D eigenvalue weighted by molar-refractivity contribution is 7.93. The molecule has 1 atom stereocenters. The average molecular weight is 506 g/mol. The number of carboxylic acids is 1. The lowest BCUT2D eigenvalue weighted by Gasteiger charge is -2.18. The van der Waals surface area contributed by atoms with Gasteiger partial charge in [0, 0.05) is 16.0 Å². The fraction of sp³-hybridized carbons (Fsp3) is 0.185. The molecule has 0 bridgehead atoms. The van der Waals surface area contributed by atoms with E-state index in [2.05, 4.69) is 4.98 Å². The summed E-state index contributed by atoms with van der Waals surface area (Å²) < 4.78 is 33.7. The Labute approximate surface area is 207 Å². The molecule has 35 heavy (non-hydrogen) atoms. The van der Waals surface area contributed by atoms with Crippen LogP contribution < -0.4 is 4.74 Å². The smallest absolute Gasteiger partial charge is 0.341 e. The lowest BCUT2D eigenvalue weighted by Crippen LogP contribution is -2.15. The van der Waals surface area contributed by atoms with Crippen molar-refractivity contribution in [3.05, 3.63) is 99.9 Å². The number of thiazole rings is 1. The summed E-state index contributed by atoms with van der Waals surface area (Å²) in [5.41, 5.74) is 4.66. The molecule has 1 aromatic heterocycles. The van der Waals surface area contributed by atoms with E-state index in [9.17, 15) is 13.2 Å². The highest BCUT2D eigenvalue weighted by atomic mass is 32.2. The summed E-state index contributed by atoms with van der Waals surface area (Å²) in [6.45, 7) is 1.51. The van der Waals surface area contributed by atoms with Crippen molar-refractivity contribution in [1.82, 2.24) is 4.98 Å². The van der Waals surface area contributed by atoms with E-state index in [1.54, 1.807) is 12.1 Å². The zero-order chi connectivity index (χ0) is 24.6. The van der Waals surface area contributed by atoms with Gasteiger partial charge in [-0.05, 0) is 37.0 Å². The predicted octanol–water partition coefficient (Wildman–Crippen LogP) is 5.24. The van der Waals surface area contributed by atoms with Crippen molar-refractivity contribution < 1.29 is 23.1 Å². The third kappa shape index (κ3) is 4.47. The van der Waals surface area contributed by atoms with Crippen LogP contribution in [0.4, 0.5) is 0 Å². The number of benzene rings is 3. The summed E-state index contributed by atoms with van der Waals surface area (Å²) in [5.74, 6) is -0.556. The molecule has 6 nitrogen and oxygen atoms in total. The van der Waals surface area contributed by atoms with Crippen molar-refractivity contribution in [2.75, 3.05) is 6.61 Å². The first kappa shape index (κ1) is 23.3. The molecule has 0 spiro atoms. The number of fused-ring (bicyclic) bond motifs is 3. The van der Waals surface area contributed by atoms with Gasteiger partial charge in [-0.2, -0.15) is 0 Å². The van der Waals surface area contributed by atoms with E-state index in [-0.39, 0.29) is 4.34 Å². The van der Waals surface area contributed by atoms with Crippen LogP contribution in [0, 0.1) is 6.92 Å². The van der Waals surface area contributed by atoms with E-state index in [1.165, 1.54) is 11.3 Å². The first-order valence-corrected chi connectivity index (χ1v) is 13.5. The summed E-state index contributed by atoms with van der Waals surface area (Å²) >= 11 is 1.22. The molecule has 0 saturated heterocycles. The largest absolute Gasteiger partial charge is 0.482 e. The molecule has 178 valence electrons. The summed E-state index contributed by atoms with van der Waals surface area (Å²) in [6.07, 6.45) is 1.24. The molecule has 3 aromatic carbocycles. The zero-order valence-electron chi connectivity index (χ0n) is 19.0. The molecular weight excluding hydrogens is 482 g/mol. The molecule has 0 saturated carbocycles. The average Bonchev–Trinajstić information content (AvgIpc) is 3.29. The number of rotatable bonds is 7. The van der Waals surface area contributed by atoms with Crippen molar-refractivity contribution in [2.24, 2.45) is 0 Å². The quantitative estimate of drug-likeness (QED) is 0.369. The number of aliphatic carboxylic acids is 1. The van der Waals surface area contributed by atoms with Crippen molar-refractivity contribution in [1.29, 1.82) is 0 Å². The van der Waals surface area contributed by atoms with Crippen LogP contribution in [0.5, 0.6) is 5.75 Å². The second-order valence-electron chi connectivity index (χ2n) is 8.47. The molecule has 1 heterocycles. The predicted molar refractivity (Wildman–Crippen MR) is 135 cm³/mol. The van der Waals surface area contributed by atoms with E-state index in [0.29, 0.717) is 35.4 Å². The Morgan fingerprint density at radius 2 is 1.77 bits per heavy atom. The van der Waals surface area contributed by atoms with Gasteiger partial charge >= 0.3 is 5.97 Å². The van der Waals surface area contributed by atoms with Gasteiger partial charge in [-0.1, -0.05) is 72.3 Å². The summed E-state index contributed by atoms with van der Waals surface area (Å²) in [6, 6.07) is 22.2. The van der Waals surface area contributed by atoms with E-state index in [0.717, 1.165) is 21.6 Å². The number of sulfone groups is 1. The molecule has 4 aromatic rings. The van der Waals surface area contributed by atoms with Gasteiger partial charge in [0.2, 0.25) is 14.2 Å². The minimum Gasteiger partial charge on any atom is -0.482 e. The van der Waals surface area contributed by atoms with Crippen LogP contribution >= 0.6 is 11.3 Å². The van der Waals surface area contributed by atoms with Gasteiger partial charge in [-0.25, -0.2) is 18.2 Å². The summed E-state index contributed by atoms with van der Waals surface area (Å²) in [5, 5.41) is 8.11. The first-order valence-electron chi connectivity index (χ1n) is 11.2. The maximum atomic E-state index is 14.1. The lowest BCUT2D eigenvalue weighted by atomic mass is 9.93. The fourth-order valence-electron chi connectivity index (χ4n) is 4.50. The molecule has 0 amide bonds. The van der Waals surface area contributed by atoms with Crippen LogP contribution in [-0.2, 0) is 27.5 Å². The number of carboxylic acid groups (broad SMARTS) is 1. The first-order chi connectivity index (χ1) is 16.8. The normalized spacial score (nSPS) is 13.5. The van der Waals surface area contributed by atoms with Gasteiger partial charge in [0.05, 0.1) is 5.69 Å². The number of ether oxygens (including phenoxy) is 1. The van der Waals surface area contributed by atoms with Crippen LogP contribution in [0.1, 0.15) is 32.4 Å². The molecule has 0 fully saturated rings.